The zero-order chi connectivity index (χ0) is 20.5. The van der Waals surface area contributed by atoms with E-state index >= 15 is 0 Å². The quantitative estimate of drug-likeness (QED) is 0.453. The van der Waals surface area contributed by atoms with Gasteiger partial charge in [-0.2, -0.15) is 0 Å². The summed E-state index contributed by atoms with van der Waals surface area (Å²) in [5.74, 6) is -0.176. The molecule has 2 aromatic carbocycles. The van der Waals surface area contributed by atoms with E-state index in [1.165, 1.54) is 0 Å². The minimum absolute atomic E-state index is 0.267. The molecule has 0 saturated heterocycles. The number of primary amides is 1. The van der Waals surface area contributed by atoms with Crippen LogP contribution < -0.4 is 11.1 Å². The summed E-state index contributed by atoms with van der Waals surface area (Å²) in [7, 11) is 0. The number of aromatic nitrogens is 2. The van der Waals surface area contributed by atoms with Crippen molar-refractivity contribution in [1.82, 2.24) is 9.38 Å². The number of benzene rings is 2. The topological polar surface area (TPSA) is 89.5 Å². The minimum Gasteiger partial charge on any atom is -0.366 e. The summed E-state index contributed by atoms with van der Waals surface area (Å²) in [4.78, 5) is 28.5. The molecule has 1 amide bonds. The molecule has 0 radical (unpaired) electrons. The Morgan fingerprint density at radius 1 is 0.897 bits per heavy atom. The lowest BCUT2D eigenvalue weighted by Crippen LogP contribution is -2.10. The van der Waals surface area contributed by atoms with Crippen LogP contribution in [0, 0.1) is 0 Å². The van der Waals surface area contributed by atoms with E-state index in [1.807, 2.05) is 0 Å². The standard InChI is InChI=1S/C21H14Cl2N4O2/c22-15-2-1-3-16(23)19(15)20(28)13-6-9-18-26-17(11-27(18)10-13)25-14-7-4-12(5-8-14)21(24)29/h1-11,25H,(H2,24,29). The van der Waals surface area contributed by atoms with Crippen LogP contribution in [0.4, 0.5) is 11.5 Å². The lowest BCUT2D eigenvalue weighted by atomic mass is 10.0. The number of hydrogen-bond acceptors (Lipinski definition) is 4. The fourth-order valence-electron chi connectivity index (χ4n) is 2.91. The van der Waals surface area contributed by atoms with E-state index in [1.54, 1.807) is 71.4 Å². The number of ketones is 1. The van der Waals surface area contributed by atoms with Crippen molar-refractivity contribution in [2.24, 2.45) is 5.73 Å². The van der Waals surface area contributed by atoms with Crippen LogP contribution in [0.1, 0.15) is 26.3 Å². The third-order valence-corrected chi connectivity index (χ3v) is 4.97. The number of nitrogens with two attached hydrogens (primary N) is 1. The van der Waals surface area contributed by atoms with Crippen LogP contribution in [-0.2, 0) is 0 Å². The first-order valence-corrected chi connectivity index (χ1v) is 9.32. The number of halogens is 2. The van der Waals surface area contributed by atoms with Gasteiger partial charge in [0.25, 0.3) is 0 Å². The largest absolute Gasteiger partial charge is 0.366 e. The SMILES string of the molecule is NC(=O)c1ccc(Nc2cn3cc(C(=O)c4c(Cl)cccc4Cl)ccc3n2)cc1. The minimum atomic E-state index is -0.486. The van der Waals surface area contributed by atoms with E-state index in [0.29, 0.717) is 32.6 Å². The molecule has 0 spiro atoms. The van der Waals surface area contributed by atoms with Crippen molar-refractivity contribution in [1.29, 1.82) is 0 Å². The van der Waals surface area contributed by atoms with Crippen LogP contribution >= 0.6 is 23.2 Å². The molecular formula is C21H14Cl2N4O2. The molecule has 0 aliphatic carbocycles. The fraction of sp³-hybridized carbons (Fsp3) is 0. The van der Waals surface area contributed by atoms with Crippen molar-refractivity contribution in [3.8, 4) is 0 Å². The van der Waals surface area contributed by atoms with Gasteiger partial charge >= 0.3 is 0 Å². The number of hydrogen-bond donors (Lipinski definition) is 2. The number of carbonyl (C=O) groups excluding carboxylic acids is 2. The highest BCUT2D eigenvalue weighted by Gasteiger charge is 2.17. The van der Waals surface area contributed by atoms with E-state index in [2.05, 4.69) is 10.3 Å². The molecule has 29 heavy (non-hydrogen) atoms. The van der Waals surface area contributed by atoms with Crippen LogP contribution in [0.2, 0.25) is 10.0 Å². The summed E-state index contributed by atoms with van der Waals surface area (Å²) >= 11 is 12.3. The van der Waals surface area contributed by atoms with Crippen LogP contribution in [0.25, 0.3) is 5.65 Å². The van der Waals surface area contributed by atoms with Gasteiger partial charge in [0.15, 0.2) is 5.78 Å². The third-order valence-electron chi connectivity index (χ3n) is 4.34. The summed E-state index contributed by atoms with van der Waals surface area (Å²) in [5, 5.41) is 3.75. The van der Waals surface area contributed by atoms with Crippen LogP contribution in [0.3, 0.4) is 0 Å². The zero-order valence-corrected chi connectivity index (χ0v) is 16.4. The monoisotopic (exact) mass is 424 g/mol. The number of anilines is 2. The van der Waals surface area contributed by atoms with Crippen molar-refractivity contribution in [3.63, 3.8) is 0 Å². The molecule has 0 unspecified atom stereocenters. The van der Waals surface area contributed by atoms with Gasteiger partial charge in [-0.05, 0) is 48.5 Å². The van der Waals surface area contributed by atoms with Crippen molar-refractivity contribution < 1.29 is 9.59 Å². The Bertz CT molecular complexity index is 1230. The molecule has 4 aromatic rings. The predicted octanol–water partition coefficient (Wildman–Crippen LogP) is 4.71. The van der Waals surface area contributed by atoms with Gasteiger partial charge in [-0.1, -0.05) is 29.3 Å². The third kappa shape index (κ3) is 3.81. The predicted molar refractivity (Wildman–Crippen MR) is 113 cm³/mol. The fourth-order valence-corrected chi connectivity index (χ4v) is 3.48. The number of rotatable bonds is 5. The summed E-state index contributed by atoms with van der Waals surface area (Å²) in [5.41, 5.74) is 7.77. The van der Waals surface area contributed by atoms with E-state index < -0.39 is 5.91 Å². The maximum Gasteiger partial charge on any atom is 0.248 e. The smallest absolute Gasteiger partial charge is 0.248 e. The Morgan fingerprint density at radius 3 is 2.21 bits per heavy atom. The lowest BCUT2D eigenvalue weighted by Gasteiger charge is -2.06. The van der Waals surface area contributed by atoms with Gasteiger partial charge in [-0.3, -0.25) is 9.59 Å². The Labute approximate surface area is 175 Å². The molecule has 2 aromatic heterocycles. The number of carbonyl (C=O) groups is 2. The molecule has 144 valence electrons. The molecule has 0 saturated carbocycles. The number of fused-ring (bicyclic) bond motifs is 1. The van der Waals surface area contributed by atoms with E-state index in [0.717, 1.165) is 5.69 Å². The molecule has 0 atom stereocenters. The first-order chi connectivity index (χ1) is 13.9. The Hall–Kier alpha value is -3.35. The molecule has 0 aliphatic heterocycles. The van der Waals surface area contributed by atoms with Crippen LogP contribution in [0.5, 0.6) is 0 Å². The van der Waals surface area contributed by atoms with E-state index in [9.17, 15) is 9.59 Å². The molecule has 0 aliphatic rings. The van der Waals surface area contributed by atoms with Crippen LogP contribution in [-0.4, -0.2) is 21.1 Å². The number of nitrogens with one attached hydrogen (secondary N) is 1. The Kier molecular flexibility index (Phi) is 4.96. The van der Waals surface area contributed by atoms with Gasteiger partial charge in [0.2, 0.25) is 5.91 Å². The highest BCUT2D eigenvalue weighted by molar-refractivity contribution is 6.41. The van der Waals surface area contributed by atoms with Gasteiger partial charge in [-0.15, -0.1) is 0 Å². The van der Waals surface area contributed by atoms with Crippen LogP contribution in [0.15, 0.2) is 67.0 Å². The Morgan fingerprint density at radius 2 is 1.55 bits per heavy atom. The molecule has 2 heterocycles. The second-order valence-corrected chi connectivity index (χ2v) is 7.12. The number of nitrogens with zero attached hydrogens (tertiary/aromatic N) is 2. The number of amides is 1. The average Bonchev–Trinajstić information content (AvgIpc) is 3.09. The maximum absolute atomic E-state index is 12.9. The van der Waals surface area contributed by atoms with Crippen molar-refractivity contribution >= 4 is 52.0 Å². The maximum atomic E-state index is 12.9. The molecule has 0 bridgehead atoms. The molecule has 6 nitrogen and oxygen atoms in total. The number of imidazole rings is 1. The molecular weight excluding hydrogens is 411 g/mol. The van der Waals surface area contributed by atoms with Gasteiger partial charge in [-0.25, -0.2) is 4.98 Å². The summed E-state index contributed by atoms with van der Waals surface area (Å²) in [6, 6.07) is 15.1. The van der Waals surface area contributed by atoms with Gasteiger partial charge < -0.3 is 15.5 Å². The molecule has 0 fully saturated rings. The van der Waals surface area contributed by atoms with Crippen molar-refractivity contribution in [3.05, 3.63) is 93.7 Å². The average molecular weight is 425 g/mol. The zero-order valence-electron chi connectivity index (χ0n) is 14.9. The lowest BCUT2D eigenvalue weighted by molar-refractivity contribution is 0.0998. The van der Waals surface area contributed by atoms with Crippen molar-refractivity contribution in [2.75, 3.05) is 5.32 Å². The second kappa shape index (κ2) is 7.58. The summed E-state index contributed by atoms with van der Waals surface area (Å²) in [6.07, 6.45) is 3.42. The Balaban J connectivity index is 1.62. The van der Waals surface area contributed by atoms with Gasteiger partial charge in [0, 0.05) is 23.0 Å². The summed E-state index contributed by atoms with van der Waals surface area (Å²) < 4.78 is 1.73. The first kappa shape index (κ1) is 19.0. The van der Waals surface area contributed by atoms with Crippen molar-refractivity contribution in [2.45, 2.75) is 0 Å². The highest BCUT2D eigenvalue weighted by atomic mass is 35.5. The van der Waals surface area contributed by atoms with Gasteiger partial charge in [0.05, 0.1) is 21.8 Å². The summed E-state index contributed by atoms with van der Waals surface area (Å²) in [6.45, 7) is 0. The molecule has 4 rings (SSSR count). The number of pyridine rings is 1. The first-order valence-electron chi connectivity index (χ1n) is 8.57. The normalized spacial score (nSPS) is 10.8. The van der Waals surface area contributed by atoms with E-state index in [-0.39, 0.29) is 11.3 Å². The molecule has 8 heteroatoms. The van der Waals surface area contributed by atoms with E-state index in [4.69, 9.17) is 28.9 Å². The van der Waals surface area contributed by atoms with Gasteiger partial charge in [0.1, 0.15) is 11.5 Å². The molecule has 3 N–H and O–H groups in total. The highest BCUT2D eigenvalue weighted by Crippen LogP contribution is 2.27. The second-order valence-electron chi connectivity index (χ2n) is 6.30.